The van der Waals surface area contributed by atoms with Gasteiger partial charge in [0.15, 0.2) is 6.61 Å². The van der Waals surface area contributed by atoms with Gasteiger partial charge in [-0.25, -0.2) is 4.79 Å². The van der Waals surface area contributed by atoms with Gasteiger partial charge in [0.25, 0.3) is 0 Å². The topological polar surface area (TPSA) is 89.9 Å². The van der Waals surface area contributed by atoms with Gasteiger partial charge in [0.05, 0.1) is 6.04 Å². The molecule has 0 amide bonds. The highest BCUT2D eigenvalue weighted by molar-refractivity contribution is 7.80. The lowest BCUT2D eigenvalue weighted by molar-refractivity contribution is -0.139. The summed E-state index contributed by atoms with van der Waals surface area (Å²) in [5.41, 5.74) is 4.13. The lowest BCUT2D eigenvalue weighted by Crippen LogP contribution is -2.33. The molecule has 0 aromatic heterocycles. The van der Waals surface area contributed by atoms with Crippen molar-refractivity contribution in [1.82, 2.24) is 0 Å². The number of hydrogen-bond acceptors (Lipinski definition) is 4. The molecule has 0 fully saturated rings. The van der Waals surface area contributed by atoms with Crippen molar-refractivity contribution in [1.29, 1.82) is 0 Å². The number of hydrogen-bond donors (Lipinski definition) is 1. The second-order valence-corrected chi connectivity index (χ2v) is 8.78. The highest BCUT2D eigenvalue weighted by Crippen LogP contribution is 2.41. The Kier molecular flexibility index (Phi) is 6.79. The number of ether oxygens (including phenoxy) is 1. The first kappa shape index (κ1) is 22.3. The zero-order chi connectivity index (χ0) is 22.7. The summed E-state index contributed by atoms with van der Waals surface area (Å²) in [6.45, 7) is -0.441. The zero-order valence-electron chi connectivity index (χ0n) is 17.1. The maximum Gasteiger partial charge on any atom is 0.341 e. The number of fused-ring (bicyclic) bond motifs is 1. The van der Waals surface area contributed by atoms with Gasteiger partial charge >= 0.3 is 5.97 Å². The molecule has 6 nitrogen and oxygen atoms in total. The summed E-state index contributed by atoms with van der Waals surface area (Å²) in [6, 6.07) is 19.8. The first-order valence-corrected chi connectivity index (χ1v) is 11.6. The van der Waals surface area contributed by atoms with E-state index in [1.165, 1.54) is 4.31 Å². The van der Waals surface area contributed by atoms with Crippen molar-refractivity contribution in [3.8, 4) is 16.9 Å². The normalized spacial score (nSPS) is 16.1. The molecule has 0 saturated heterocycles. The summed E-state index contributed by atoms with van der Waals surface area (Å²) in [7, 11) is 0. The lowest BCUT2D eigenvalue weighted by Gasteiger charge is -2.38. The summed E-state index contributed by atoms with van der Waals surface area (Å²) in [5, 5.41) is 9.57. The van der Waals surface area contributed by atoms with Crippen molar-refractivity contribution >= 4 is 34.5 Å². The Morgan fingerprint density at radius 2 is 1.88 bits per heavy atom. The van der Waals surface area contributed by atoms with E-state index in [0.717, 1.165) is 28.7 Å². The van der Waals surface area contributed by atoms with E-state index in [2.05, 4.69) is 0 Å². The SMILES string of the molecule is O=C(O)COc1cccc2c1CCCC2N(c1ccc(-c2cccc(Cl)c2)cc1)S(=O)[O-]. The third-order valence-electron chi connectivity index (χ3n) is 5.51. The van der Waals surface area contributed by atoms with Gasteiger partial charge in [0, 0.05) is 22.0 Å². The van der Waals surface area contributed by atoms with Crippen LogP contribution >= 0.6 is 11.6 Å². The van der Waals surface area contributed by atoms with Gasteiger partial charge in [0.1, 0.15) is 5.75 Å². The molecule has 0 bridgehead atoms. The number of carboxylic acid groups (broad SMARTS) is 1. The molecule has 32 heavy (non-hydrogen) atoms. The van der Waals surface area contributed by atoms with Crippen LogP contribution in [-0.2, 0) is 22.5 Å². The highest BCUT2D eigenvalue weighted by Gasteiger charge is 2.29. The summed E-state index contributed by atoms with van der Waals surface area (Å²) in [6.07, 6.45) is 2.12. The van der Waals surface area contributed by atoms with Crippen LogP contribution in [0.15, 0.2) is 66.7 Å². The number of rotatable bonds is 7. The number of halogens is 1. The van der Waals surface area contributed by atoms with E-state index in [0.29, 0.717) is 29.3 Å². The molecular formula is C24H21ClNO5S-. The molecule has 0 spiro atoms. The molecule has 0 heterocycles. The molecule has 1 N–H and O–H groups in total. The minimum atomic E-state index is -2.50. The molecule has 0 radical (unpaired) electrons. The van der Waals surface area contributed by atoms with Crippen molar-refractivity contribution < 1.29 is 23.4 Å². The maximum atomic E-state index is 12.3. The van der Waals surface area contributed by atoms with Gasteiger partial charge < -0.3 is 14.4 Å². The Balaban J connectivity index is 1.67. The van der Waals surface area contributed by atoms with Crippen LogP contribution in [-0.4, -0.2) is 26.4 Å². The van der Waals surface area contributed by atoms with Crippen molar-refractivity contribution in [3.63, 3.8) is 0 Å². The Morgan fingerprint density at radius 3 is 2.56 bits per heavy atom. The van der Waals surface area contributed by atoms with Gasteiger partial charge in [-0.15, -0.1) is 0 Å². The summed E-state index contributed by atoms with van der Waals surface area (Å²) < 4.78 is 31.4. The number of benzene rings is 3. The van der Waals surface area contributed by atoms with Gasteiger partial charge in [-0.2, -0.15) is 0 Å². The predicted molar refractivity (Wildman–Crippen MR) is 124 cm³/mol. The fourth-order valence-corrected chi connectivity index (χ4v) is 5.06. The van der Waals surface area contributed by atoms with Gasteiger partial charge in [0.2, 0.25) is 0 Å². The number of anilines is 1. The third kappa shape index (κ3) is 4.80. The van der Waals surface area contributed by atoms with Crippen LogP contribution in [0.3, 0.4) is 0 Å². The average molecular weight is 471 g/mol. The zero-order valence-corrected chi connectivity index (χ0v) is 18.6. The molecule has 3 aromatic rings. The first-order chi connectivity index (χ1) is 15.4. The fraction of sp³-hybridized carbons (Fsp3) is 0.208. The van der Waals surface area contributed by atoms with E-state index >= 15 is 0 Å². The van der Waals surface area contributed by atoms with Crippen LogP contribution in [0.1, 0.15) is 30.0 Å². The molecular weight excluding hydrogens is 450 g/mol. The van der Waals surface area contributed by atoms with Crippen LogP contribution in [0.4, 0.5) is 5.69 Å². The van der Waals surface area contributed by atoms with Crippen molar-refractivity contribution in [2.45, 2.75) is 25.3 Å². The predicted octanol–water partition coefficient (Wildman–Crippen LogP) is 5.15. The standard InChI is InChI=1S/C24H22ClNO5S/c25-18-5-1-4-17(14-18)16-10-12-19(13-11-16)26(32(29)30)22-8-2-7-21-20(22)6-3-9-23(21)31-15-24(27)28/h1,3-6,9-14,22H,2,7-8,15H2,(H,27,28)(H,29,30)/p-1. The quantitative estimate of drug-likeness (QED) is 0.482. The number of aliphatic carboxylic acids is 1. The second-order valence-electron chi connectivity index (χ2n) is 7.51. The van der Waals surface area contributed by atoms with Crippen molar-refractivity contribution in [3.05, 3.63) is 82.9 Å². The first-order valence-electron chi connectivity index (χ1n) is 10.1. The Bertz CT molecular complexity index is 1150. The molecule has 3 aromatic carbocycles. The van der Waals surface area contributed by atoms with E-state index in [1.54, 1.807) is 30.3 Å². The number of carbonyl (C=O) groups is 1. The molecule has 4 rings (SSSR count). The summed E-state index contributed by atoms with van der Waals surface area (Å²) in [5.74, 6) is -0.570. The third-order valence-corrected chi connectivity index (χ3v) is 6.53. The molecule has 1 aliphatic rings. The Morgan fingerprint density at radius 1 is 1.12 bits per heavy atom. The summed E-state index contributed by atoms with van der Waals surface area (Å²) >= 11 is 3.58. The molecule has 2 atom stereocenters. The second kappa shape index (κ2) is 9.73. The average Bonchev–Trinajstić information content (AvgIpc) is 2.78. The van der Waals surface area contributed by atoms with Gasteiger partial charge in [-0.3, -0.25) is 8.51 Å². The van der Waals surface area contributed by atoms with Crippen LogP contribution in [0.5, 0.6) is 5.75 Å². The molecule has 8 heteroatoms. The smallest absolute Gasteiger partial charge is 0.341 e. The largest absolute Gasteiger partial charge is 0.755 e. The van der Waals surface area contributed by atoms with E-state index in [9.17, 15) is 13.6 Å². The van der Waals surface area contributed by atoms with Crippen LogP contribution < -0.4 is 9.04 Å². The molecule has 166 valence electrons. The maximum absolute atomic E-state index is 12.3. The molecule has 0 saturated carbocycles. The van der Waals surface area contributed by atoms with E-state index < -0.39 is 29.9 Å². The minimum absolute atomic E-state index is 0.400. The van der Waals surface area contributed by atoms with Gasteiger partial charge in [-0.1, -0.05) is 48.0 Å². The Hall–Kier alpha value is -2.87. The molecule has 2 unspecified atom stereocenters. The molecule has 0 aliphatic heterocycles. The van der Waals surface area contributed by atoms with Crippen molar-refractivity contribution in [2.75, 3.05) is 10.9 Å². The minimum Gasteiger partial charge on any atom is -0.755 e. The molecule has 1 aliphatic carbocycles. The number of carboxylic acids is 1. The van der Waals surface area contributed by atoms with E-state index in [4.69, 9.17) is 21.4 Å². The van der Waals surface area contributed by atoms with Crippen molar-refractivity contribution in [2.24, 2.45) is 0 Å². The van der Waals surface area contributed by atoms with Crippen LogP contribution in [0.2, 0.25) is 5.02 Å². The van der Waals surface area contributed by atoms with Gasteiger partial charge in [-0.05, 0) is 71.8 Å². The summed E-state index contributed by atoms with van der Waals surface area (Å²) in [4.78, 5) is 10.9. The lowest BCUT2D eigenvalue weighted by atomic mass is 9.87. The van der Waals surface area contributed by atoms with E-state index in [1.807, 2.05) is 36.4 Å². The van der Waals surface area contributed by atoms with Crippen LogP contribution in [0.25, 0.3) is 11.1 Å². The number of nitrogens with zero attached hydrogens (tertiary/aromatic N) is 1. The van der Waals surface area contributed by atoms with E-state index in [-0.39, 0.29) is 0 Å². The fourth-order valence-electron chi connectivity index (χ4n) is 4.15. The Labute approximate surface area is 193 Å². The highest BCUT2D eigenvalue weighted by atomic mass is 35.5. The monoisotopic (exact) mass is 470 g/mol. The van der Waals surface area contributed by atoms with Crippen LogP contribution in [0, 0.1) is 0 Å².